The van der Waals surface area contributed by atoms with E-state index in [9.17, 15) is 18.7 Å². The first-order chi connectivity index (χ1) is 19.8. The van der Waals surface area contributed by atoms with Crippen LogP contribution in [0.2, 0.25) is 0 Å². The lowest BCUT2D eigenvalue weighted by molar-refractivity contribution is -0.117. The van der Waals surface area contributed by atoms with Gasteiger partial charge in [-0.2, -0.15) is 5.10 Å². The van der Waals surface area contributed by atoms with Crippen molar-refractivity contribution in [3.8, 4) is 11.5 Å². The van der Waals surface area contributed by atoms with Gasteiger partial charge in [-0.3, -0.25) is 9.89 Å². The van der Waals surface area contributed by atoms with Crippen molar-refractivity contribution in [3.05, 3.63) is 59.3 Å². The molecule has 41 heavy (non-hydrogen) atoms. The largest absolute Gasteiger partial charge is 0.493 e. The van der Waals surface area contributed by atoms with Gasteiger partial charge in [0.15, 0.2) is 29.0 Å². The highest BCUT2D eigenvalue weighted by molar-refractivity contribution is 6.16. The molecule has 1 amide bonds. The molecule has 0 unspecified atom stereocenters. The fourth-order valence-electron chi connectivity index (χ4n) is 4.98. The fourth-order valence-corrected chi connectivity index (χ4v) is 4.98. The molecule has 3 aromatic rings. The van der Waals surface area contributed by atoms with Crippen LogP contribution in [0.15, 0.2) is 41.4 Å². The highest BCUT2D eigenvalue weighted by Gasteiger charge is 2.29. The van der Waals surface area contributed by atoms with Crippen LogP contribution in [0.5, 0.6) is 11.5 Å². The molecule has 1 fully saturated rings. The third kappa shape index (κ3) is 6.57. The highest BCUT2D eigenvalue weighted by atomic mass is 19.2. The summed E-state index contributed by atoms with van der Waals surface area (Å²) in [4.78, 5) is 19.8. The van der Waals surface area contributed by atoms with Crippen LogP contribution in [0.1, 0.15) is 30.5 Å². The minimum Gasteiger partial charge on any atom is -0.493 e. The number of primary amides is 1. The lowest BCUT2D eigenvalue weighted by Crippen LogP contribution is -2.41. The summed E-state index contributed by atoms with van der Waals surface area (Å²) in [6, 6.07) is 9.01. The van der Waals surface area contributed by atoms with E-state index >= 15 is 0 Å². The second-order valence-electron chi connectivity index (χ2n) is 9.99. The second kappa shape index (κ2) is 12.5. The zero-order chi connectivity index (χ0) is 28.9. The van der Waals surface area contributed by atoms with Gasteiger partial charge in [-0.05, 0) is 37.5 Å². The third-order valence-corrected chi connectivity index (χ3v) is 7.09. The van der Waals surface area contributed by atoms with Gasteiger partial charge in [0.25, 0.3) is 0 Å². The Morgan fingerprint density at radius 2 is 2.02 bits per heavy atom. The topological polar surface area (TPSA) is 141 Å². The summed E-state index contributed by atoms with van der Waals surface area (Å²) in [6.07, 6.45) is 2.12. The number of aliphatic hydroxyl groups is 1. The molecule has 13 heteroatoms. The normalized spacial score (nSPS) is 16.9. The number of nitrogens with one attached hydrogen (secondary N) is 2. The smallest absolute Gasteiger partial charge is 0.223 e. The van der Waals surface area contributed by atoms with Gasteiger partial charge in [-0.25, -0.2) is 13.8 Å². The van der Waals surface area contributed by atoms with Crippen LogP contribution in [0.25, 0.3) is 0 Å². The van der Waals surface area contributed by atoms with Gasteiger partial charge in [0.05, 0.1) is 44.3 Å². The number of ether oxygens (including phenoxy) is 2. The van der Waals surface area contributed by atoms with E-state index in [0.717, 1.165) is 45.0 Å². The van der Waals surface area contributed by atoms with Gasteiger partial charge < -0.3 is 35.4 Å². The zero-order valence-corrected chi connectivity index (χ0v) is 22.7. The number of likely N-dealkylation sites (tertiary alicyclic amines) is 1. The number of hydrogen-bond acceptors (Lipinski definition) is 8. The summed E-state index contributed by atoms with van der Waals surface area (Å²) in [5.74, 6) is -1.04. The number of fused-ring (bicyclic) bond motifs is 1. The molecule has 0 radical (unpaired) electrons. The molecule has 1 saturated heterocycles. The first-order valence-electron chi connectivity index (χ1n) is 13.4. The Labute approximate surface area is 235 Å². The van der Waals surface area contributed by atoms with Crippen LogP contribution in [0.3, 0.4) is 0 Å². The number of aliphatic imine (C=N–C) groups is 1. The van der Waals surface area contributed by atoms with E-state index < -0.39 is 17.5 Å². The van der Waals surface area contributed by atoms with Crippen molar-refractivity contribution in [2.24, 2.45) is 10.7 Å². The standard InChI is InChI=1S/C28H33F2N7O4/c1-40-23-14-19-21(15-24(23)41-11-3-8-36-9-6-18(38)7-10-36)32-16-37(22-5-2-4-20(29)27(22)30)28(19)33-26-13-17(34-35-26)12-25(31)39/h2,4-5,13-15,18,32,38H,3,6-12,16H2,1H3,(H2,31,39)(H,34,35). The zero-order valence-electron chi connectivity index (χ0n) is 22.7. The Balaban J connectivity index is 1.42. The average molecular weight is 570 g/mol. The molecule has 11 nitrogen and oxygen atoms in total. The van der Waals surface area contributed by atoms with Crippen molar-refractivity contribution in [3.63, 3.8) is 0 Å². The number of amides is 1. The first kappa shape index (κ1) is 28.3. The first-order valence-corrected chi connectivity index (χ1v) is 13.4. The molecule has 0 saturated carbocycles. The second-order valence-corrected chi connectivity index (χ2v) is 9.99. The van der Waals surface area contributed by atoms with Gasteiger partial charge >= 0.3 is 0 Å². The summed E-state index contributed by atoms with van der Waals surface area (Å²) >= 11 is 0. The minimum absolute atomic E-state index is 0.0145. The summed E-state index contributed by atoms with van der Waals surface area (Å²) in [7, 11) is 1.52. The van der Waals surface area contributed by atoms with Gasteiger partial charge in [0.2, 0.25) is 5.91 Å². The number of carbonyl (C=O) groups is 1. The number of nitrogens with two attached hydrogens (primary N) is 1. The van der Waals surface area contributed by atoms with Gasteiger partial charge in [0, 0.05) is 43.0 Å². The van der Waals surface area contributed by atoms with E-state index in [1.54, 1.807) is 18.2 Å². The number of rotatable bonds is 10. The van der Waals surface area contributed by atoms with Crippen LogP contribution < -0.4 is 25.4 Å². The number of aliphatic hydroxyl groups excluding tert-OH is 1. The molecule has 0 spiro atoms. The molecule has 1 aromatic heterocycles. The molecule has 2 aliphatic rings. The molecule has 5 rings (SSSR count). The monoisotopic (exact) mass is 569 g/mol. The Morgan fingerprint density at radius 3 is 2.78 bits per heavy atom. The van der Waals surface area contributed by atoms with Crippen LogP contribution in [-0.4, -0.2) is 78.1 Å². The molecule has 2 aliphatic heterocycles. The quantitative estimate of drug-likeness (QED) is 0.273. The van der Waals surface area contributed by atoms with Crippen LogP contribution in [0, 0.1) is 11.6 Å². The Morgan fingerprint density at radius 1 is 1.22 bits per heavy atom. The van der Waals surface area contributed by atoms with E-state index in [-0.39, 0.29) is 36.5 Å². The van der Waals surface area contributed by atoms with E-state index in [1.165, 1.54) is 24.1 Å². The molecule has 3 heterocycles. The molecular formula is C28H33F2N7O4. The number of piperidine rings is 1. The average Bonchev–Trinajstić information content (AvgIpc) is 3.39. The van der Waals surface area contributed by atoms with Crippen molar-refractivity contribution in [2.75, 3.05) is 50.2 Å². The van der Waals surface area contributed by atoms with Gasteiger partial charge in [0.1, 0.15) is 5.84 Å². The number of aromatic nitrogens is 2. The van der Waals surface area contributed by atoms with Gasteiger partial charge in [-0.1, -0.05) is 6.07 Å². The maximum atomic E-state index is 14.9. The number of amidine groups is 1. The van der Waals surface area contributed by atoms with E-state index in [2.05, 4.69) is 25.4 Å². The summed E-state index contributed by atoms with van der Waals surface area (Å²) in [5.41, 5.74) is 6.95. The lowest BCUT2D eigenvalue weighted by atomic mass is 10.1. The maximum Gasteiger partial charge on any atom is 0.223 e. The van der Waals surface area contributed by atoms with E-state index in [4.69, 9.17) is 15.2 Å². The third-order valence-electron chi connectivity index (χ3n) is 7.09. The van der Waals surface area contributed by atoms with Crippen LogP contribution >= 0.6 is 0 Å². The number of halogens is 2. The van der Waals surface area contributed by atoms with Crippen molar-refractivity contribution >= 4 is 28.9 Å². The number of aromatic amines is 1. The van der Waals surface area contributed by atoms with Crippen molar-refractivity contribution < 1.29 is 28.2 Å². The van der Waals surface area contributed by atoms with Crippen molar-refractivity contribution in [1.29, 1.82) is 0 Å². The molecule has 0 atom stereocenters. The molecular weight excluding hydrogens is 536 g/mol. The Bertz CT molecular complexity index is 1420. The minimum atomic E-state index is -1.02. The Hall–Kier alpha value is -4.23. The van der Waals surface area contributed by atoms with Crippen LogP contribution in [0.4, 0.5) is 26.0 Å². The molecule has 0 bridgehead atoms. The summed E-state index contributed by atoms with van der Waals surface area (Å²) in [6.45, 7) is 3.16. The molecule has 2 aromatic carbocycles. The predicted octanol–water partition coefficient (Wildman–Crippen LogP) is 2.92. The highest BCUT2D eigenvalue weighted by Crippen LogP contribution is 2.38. The van der Waals surface area contributed by atoms with Crippen molar-refractivity contribution in [1.82, 2.24) is 15.1 Å². The predicted molar refractivity (Wildman–Crippen MR) is 150 cm³/mol. The number of benzene rings is 2. The SMILES string of the molecule is COc1cc2c(cc1OCCCN1CCC(O)CC1)NCN(c1cccc(F)c1F)C2=Nc1cc(CC(N)=O)[nH]n1. The number of carbonyl (C=O) groups excluding carboxylic acids is 1. The number of H-pyrrole nitrogens is 1. The Kier molecular flexibility index (Phi) is 8.64. The number of nitrogens with zero attached hydrogens (tertiary/aromatic N) is 4. The van der Waals surface area contributed by atoms with Gasteiger partial charge in [-0.15, -0.1) is 0 Å². The fraction of sp³-hybridized carbons (Fsp3) is 0.393. The maximum absolute atomic E-state index is 14.9. The number of anilines is 2. The number of methoxy groups -OCH3 is 1. The van der Waals surface area contributed by atoms with E-state index in [1.807, 2.05) is 0 Å². The molecule has 0 aliphatic carbocycles. The van der Waals surface area contributed by atoms with Crippen LogP contribution in [-0.2, 0) is 11.2 Å². The lowest BCUT2D eigenvalue weighted by Gasteiger charge is -2.33. The summed E-state index contributed by atoms with van der Waals surface area (Å²) < 4.78 is 40.8. The summed E-state index contributed by atoms with van der Waals surface area (Å²) in [5, 5.41) is 19.8. The molecule has 5 N–H and O–H groups in total. The van der Waals surface area contributed by atoms with E-state index in [0.29, 0.717) is 35.1 Å². The van der Waals surface area contributed by atoms with Crippen molar-refractivity contribution in [2.45, 2.75) is 31.8 Å². The number of hydrogen-bond donors (Lipinski definition) is 4. The molecule has 218 valence electrons.